The van der Waals surface area contributed by atoms with Gasteiger partial charge in [0, 0.05) is 0 Å². The molecule has 1 atom stereocenters. The topological polar surface area (TPSA) is 94.9 Å². The van der Waals surface area contributed by atoms with Crippen LogP contribution >= 0.6 is 11.6 Å². The Balaban J connectivity index is 3.57. The third-order valence-electron chi connectivity index (χ3n) is 3.90. The SMILES string of the molecule is CCC(c1ccccc1)N(C(=O)CCl)C(CC)(C(=O)O)C(=O)O. The Labute approximate surface area is 139 Å². The van der Waals surface area contributed by atoms with Crippen molar-refractivity contribution in [2.75, 3.05) is 5.88 Å². The Bertz CT molecular complexity index is 561. The van der Waals surface area contributed by atoms with Crippen molar-refractivity contribution in [2.45, 2.75) is 38.3 Å². The molecule has 0 heterocycles. The summed E-state index contributed by atoms with van der Waals surface area (Å²) >= 11 is 5.63. The molecule has 0 radical (unpaired) electrons. The number of carbonyl (C=O) groups is 3. The number of nitrogens with zero attached hydrogens (tertiary/aromatic N) is 1. The Morgan fingerprint density at radius 3 is 2.00 bits per heavy atom. The number of amides is 1. The van der Waals surface area contributed by atoms with Gasteiger partial charge in [-0.05, 0) is 18.4 Å². The number of halogens is 1. The van der Waals surface area contributed by atoms with Crippen molar-refractivity contribution in [1.82, 2.24) is 4.90 Å². The Morgan fingerprint density at radius 1 is 1.13 bits per heavy atom. The first kappa shape index (κ1) is 19.0. The van der Waals surface area contributed by atoms with Crippen LogP contribution in [-0.4, -0.2) is 44.4 Å². The second-order valence-corrected chi connectivity index (χ2v) is 5.32. The maximum Gasteiger partial charge on any atom is 0.341 e. The molecule has 2 N–H and O–H groups in total. The van der Waals surface area contributed by atoms with E-state index in [0.717, 1.165) is 4.90 Å². The van der Waals surface area contributed by atoms with Crippen molar-refractivity contribution < 1.29 is 24.6 Å². The predicted octanol–water partition coefficient (Wildman–Crippen LogP) is 2.52. The van der Waals surface area contributed by atoms with E-state index in [0.29, 0.717) is 12.0 Å². The highest BCUT2D eigenvalue weighted by Crippen LogP contribution is 2.34. The smallest absolute Gasteiger partial charge is 0.341 e. The van der Waals surface area contributed by atoms with Gasteiger partial charge >= 0.3 is 11.9 Å². The highest BCUT2D eigenvalue weighted by Gasteiger charge is 2.54. The molecule has 0 aliphatic heterocycles. The summed E-state index contributed by atoms with van der Waals surface area (Å²) in [5.41, 5.74) is -1.70. The molecule has 0 aliphatic rings. The van der Waals surface area contributed by atoms with Gasteiger partial charge in [0.25, 0.3) is 0 Å². The van der Waals surface area contributed by atoms with Crippen LogP contribution in [0, 0.1) is 0 Å². The van der Waals surface area contributed by atoms with Gasteiger partial charge in [-0.25, -0.2) is 9.59 Å². The molecule has 1 aromatic carbocycles. The molecule has 1 rings (SSSR count). The Hall–Kier alpha value is -2.08. The molecule has 23 heavy (non-hydrogen) atoms. The zero-order chi connectivity index (χ0) is 17.6. The van der Waals surface area contributed by atoms with Gasteiger partial charge < -0.3 is 15.1 Å². The first-order valence-electron chi connectivity index (χ1n) is 7.26. The molecule has 7 heteroatoms. The van der Waals surface area contributed by atoms with E-state index in [4.69, 9.17) is 11.6 Å². The standard InChI is InChI=1S/C16H20ClNO5/c1-3-12(11-8-6-5-7-9-11)18(13(19)10-17)16(4-2,14(20)21)15(22)23/h5-9,12H,3-4,10H2,1-2H3,(H,20,21)(H,22,23). The number of carboxylic acid groups (broad SMARTS) is 2. The quantitative estimate of drug-likeness (QED) is 0.559. The summed E-state index contributed by atoms with van der Waals surface area (Å²) in [6.45, 7) is 3.19. The van der Waals surface area contributed by atoms with E-state index in [9.17, 15) is 24.6 Å². The maximum atomic E-state index is 12.4. The number of alkyl halides is 1. The van der Waals surface area contributed by atoms with Crippen LogP contribution in [0.25, 0.3) is 0 Å². The zero-order valence-electron chi connectivity index (χ0n) is 13.0. The van der Waals surface area contributed by atoms with E-state index < -0.39 is 35.3 Å². The first-order valence-corrected chi connectivity index (χ1v) is 7.80. The molecule has 0 aromatic heterocycles. The molecule has 0 saturated carbocycles. The van der Waals surface area contributed by atoms with Crippen LogP contribution in [0.5, 0.6) is 0 Å². The minimum Gasteiger partial charge on any atom is -0.479 e. The van der Waals surface area contributed by atoms with E-state index in [1.807, 2.05) is 0 Å². The predicted molar refractivity (Wildman–Crippen MR) is 85.3 cm³/mol. The lowest BCUT2D eigenvalue weighted by atomic mass is 9.89. The van der Waals surface area contributed by atoms with Crippen LogP contribution in [0.15, 0.2) is 30.3 Å². The highest BCUT2D eigenvalue weighted by atomic mass is 35.5. The normalized spacial score (nSPS) is 12.5. The van der Waals surface area contributed by atoms with Gasteiger partial charge in [0.15, 0.2) is 0 Å². The molecule has 0 aliphatic carbocycles. The number of aliphatic carboxylic acids is 2. The number of hydrogen-bond acceptors (Lipinski definition) is 3. The Kier molecular flexibility index (Phi) is 6.57. The van der Waals surface area contributed by atoms with Crippen LogP contribution in [-0.2, 0) is 14.4 Å². The van der Waals surface area contributed by atoms with Gasteiger partial charge in [-0.15, -0.1) is 11.6 Å². The monoisotopic (exact) mass is 341 g/mol. The minimum atomic E-state index is -2.36. The fourth-order valence-electron chi connectivity index (χ4n) is 2.73. The summed E-state index contributed by atoms with van der Waals surface area (Å²) in [6.07, 6.45) is 0.0819. The fourth-order valence-corrected chi connectivity index (χ4v) is 2.86. The molecule has 1 aromatic rings. The maximum absolute atomic E-state index is 12.4. The molecule has 126 valence electrons. The molecule has 6 nitrogen and oxygen atoms in total. The van der Waals surface area contributed by atoms with Gasteiger partial charge in [0.1, 0.15) is 5.88 Å². The Morgan fingerprint density at radius 2 is 1.65 bits per heavy atom. The number of carbonyl (C=O) groups excluding carboxylic acids is 1. The van der Waals surface area contributed by atoms with Crippen molar-refractivity contribution in [3.63, 3.8) is 0 Å². The second kappa shape index (κ2) is 7.97. The minimum absolute atomic E-state index is 0.274. The van der Waals surface area contributed by atoms with E-state index in [2.05, 4.69) is 0 Å². The summed E-state index contributed by atoms with van der Waals surface area (Å²) in [5, 5.41) is 19.2. The van der Waals surface area contributed by atoms with Crippen molar-refractivity contribution in [2.24, 2.45) is 0 Å². The summed E-state index contributed by atoms with van der Waals surface area (Å²) < 4.78 is 0. The van der Waals surface area contributed by atoms with Gasteiger partial charge in [-0.2, -0.15) is 0 Å². The average Bonchev–Trinajstić information content (AvgIpc) is 2.54. The third kappa shape index (κ3) is 3.47. The summed E-state index contributed by atoms with van der Waals surface area (Å²) in [7, 11) is 0. The fraction of sp³-hybridized carbons (Fsp3) is 0.438. The molecule has 1 unspecified atom stereocenters. The van der Waals surface area contributed by atoms with Crippen molar-refractivity contribution in [1.29, 1.82) is 0 Å². The van der Waals surface area contributed by atoms with Gasteiger partial charge in [0.05, 0.1) is 6.04 Å². The molecule has 1 amide bonds. The van der Waals surface area contributed by atoms with E-state index in [1.54, 1.807) is 37.3 Å². The molecule has 0 fully saturated rings. The largest absolute Gasteiger partial charge is 0.479 e. The van der Waals surface area contributed by atoms with Crippen LogP contribution in [0.4, 0.5) is 0 Å². The van der Waals surface area contributed by atoms with Crippen LogP contribution in [0.2, 0.25) is 0 Å². The number of benzene rings is 1. The molecule has 0 bridgehead atoms. The first-order chi connectivity index (χ1) is 10.9. The molecule has 0 saturated heterocycles. The van der Waals surface area contributed by atoms with Crippen molar-refractivity contribution >= 4 is 29.4 Å². The highest BCUT2D eigenvalue weighted by molar-refractivity contribution is 6.27. The van der Waals surface area contributed by atoms with E-state index >= 15 is 0 Å². The van der Waals surface area contributed by atoms with Crippen molar-refractivity contribution in [3.05, 3.63) is 35.9 Å². The van der Waals surface area contributed by atoms with Crippen molar-refractivity contribution in [3.8, 4) is 0 Å². The second-order valence-electron chi connectivity index (χ2n) is 5.06. The van der Waals surface area contributed by atoms with Crippen LogP contribution in [0.3, 0.4) is 0 Å². The van der Waals surface area contributed by atoms with Crippen LogP contribution in [0.1, 0.15) is 38.3 Å². The molecule has 0 spiro atoms. The summed E-state index contributed by atoms with van der Waals surface area (Å²) in [4.78, 5) is 36.8. The van der Waals surface area contributed by atoms with E-state index in [-0.39, 0.29) is 6.42 Å². The number of hydrogen-bond donors (Lipinski definition) is 2. The lowest BCUT2D eigenvalue weighted by Gasteiger charge is -2.41. The van der Waals surface area contributed by atoms with Gasteiger partial charge in [-0.3, -0.25) is 4.79 Å². The number of carboxylic acids is 2. The lowest BCUT2D eigenvalue weighted by molar-refractivity contribution is -0.176. The number of rotatable bonds is 8. The van der Waals surface area contributed by atoms with E-state index in [1.165, 1.54) is 6.92 Å². The average molecular weight is 342 g/mol. The van der Waals surface area contributed by atoms with Gasteiger partial charge in [0.2, 0.25) is 11.4 Å². The summed E-state index contributed by atoms with van der Waals surface area (Å²) in [5.74, 6) is -4.39. The molecular formula is C16H20ClNO5. The third-order valence-corrected chi connectivity index (χ3v) is 4.12. The lowest BCUT2D eigenvalue weighted by Crippen LogP contribution is -2.63. The van der Waals surface area contributed by atoms with Crippen LogP contribution < -0.4 is 0 Å². The zero-order valence-corrected chi connectivity index (χ0v) is 13.8. The summed E-state index contributed by atoms with van der Waals surface area (Å²) in [6, 6.07) is 8.03. The van der Waals surface area contributed by atoms with Gasteiger partial charge in [-0.1, -0.05) is 44.2 Å². The molecular weight excluding hydrogens is 322 g/mol.